The van der Waals surface area contributed by atoms with Crippen molar-refractivity contribution in [1.82, 2.24) is 31.9 Å². The molecule has 0 bridgehead atoms. The van der Waals surface area contributed by atoms with E-state index in [0.717, 1.165) is 46.5 Å². The summed E-state index contributed by atoms with van der Waals surface area (Å²) in [4.78, 5) is 102. The second-order valence-corrected chi connectivity index (χ2v) is 26.5. The number of aliphatic carboxylic acids is 2. The van der Waals surface area contributed by atoms with E-state index in [1.807, 2.05) is 72.8 Å². The molecule has 0 aliphatic carbocycles. The summed E-state index contributed by atoms with van der Waals surface area (Å²) in [5.74, 6) is -8.99. The molecule has 8 rings (SSSR count). The Hall–Kier alpha value is -8.10. The first-order valence-electron chi connectivity index (χ1n) is 32.1. The molecule has 28 heteroatoms. The number of thioether (sulfide) groups is 2. The number of amides is 6. The molecule has 2 fully saturated rings. The van der Waals surface area contributed by atoms with Crippen molar-refractivity contribution in [3.8, 4) is 11.1 Å². The van der Waals surface area contributed by atoms with Gasteiger partial charge in [0.05, 0.1) is 62.6 Å². The van der Waals surface area contributed by atoms with Gasteiger partial charge in [-0.3, -0.25) is 28.8 Å². The van der Waals surface area contributed by atoms with Gasteiger partial charge in [0.15, 0.2) is 0 Å². The van der Waals surface area contributed by atoms with Crippen LogP contribution in [0, 0.1) is 0 Å². The molecule has 2 aliphatic rings. The molecule has 12 atom stereocenters. The fourth-order valence-electron chi connectivity index (χ4n) is 11.5. The third-order valence-corrected chi connectivity index (χ3v) is 18.7. The van der Waals surface area contributed by atoms with Crippen LogP contribution >= 0.6 is 23.5 Å². The average Bonchev–Trinajstić information content (AvgIpc) is 0.775. The highest BCUT2D eigenvalue weighted by Gasteiger charge is 2.57. The summed E-state index contributed by atoms with van der Waals surface area (Å²) in [6.07, 6.45) is -14.4. The quantitative estimate of drug-likeness (QED) is 0.0254. The average molecular weight is 1390 g/mol. The Morgan fingerprint density at radius 1 is 0.500 bits per heavy atom. The molecule has 2 saturated heterocycles. The van der Waals surface area contributed by atoms with Crippen LogP contribution in [0.2, 0.25) is 0 Å². The number of fused-ring (bicyclic) bond motifs is 2. The summed E-state index contributed by atoms with van der Waals surface area (Å²) in [6, 6.07) is 37.5. The first-order chi connectivity index (χ1) is 46.9. The highest BCUT2D eigenvalue weighted by atomic mass is 32.2. The SMILES string of the molecule is CC(=O)NC1[C@H]([C@H](O)[C@H](O)CNC(=O)Cc2ccc3ccccc3c2)O[C@@](OCCCSCCNC(=O)c2ccc(-c3ccc(C(=O)NCCSCCCO[C@]4(C(=O)O)C[C@H](O)[C@@H](NC(C)=O)[C@H]([C@H](O)[C@H](O)CNC(=O)Cc5ccc6ccccc6c5)O4)cc3)cc2)(C(=O)O)C[C@@H]1O. The number of carbonyl (C=O) groups excluding carboxylic acids is 6. The lowest BCUT2D eigenvalue weighted by atomic mass is 9.88. The normalized spacial score (nSPS) is 22.0. The monoisotopic (exact) mass is 1390 g/mol. The van der Waals surface area contributed by atoms with E-state index in [1.165, 1.54) is 23.5 Å². The van der Waals surface area contributed by atoms with Gasteiger partial charge in [0.1, 0.15) is 24.4 Å². The topological polar surface area (TPSA) is 408 Å². The molecule has 0 radical (unpaired) electrons. The van der Waals surface area contributed by atoms with Crippen LogP contribution in [-0.4, -0.2) is 223 Å². The smallest absolute Gasteiger partial charge is 0.364 e. The first kappa shape index (κ1) is 75.7. The zero-order valence-corrected chi connectivity index (χ0v) is 55.7. The first-order valence-corrected chi connectivity index (χ1v) is 34.4. The Morgan fingerprint density at radius 2 is 0.867 bits per heavy atom. The lowest BCUT2D eigenvalue weighted by Crippen LogP contribution is -2.68. The molecule has 26 nitrogen and oxygen atoms in total. The number of hydrogen-bond donors (Lipinski definition) is 14. The standard InChI is InChI=1S/C70H84N6O20S2/c1-41(77)75-59-53(79)37-69(67(89)90,95-63(59)61(85)55(81)39-73-57(83)35-43-13-15-45-9-3-5-11-51(45)33-43)93-27-7-29-97-31-25-71-65(87)49-21-17-47(18-22-49)48-19-23-50(24-20-48)66(88)72-26-32-98-30-8-28-94-70(68(91)92)38-54(80)60(76-42(2)78)64(96-70)62(86)56(82)40-74-58(84)36-44-14-16-46-10-4-6-12-52(46)34-44/h3-6,9-24,33-34,53-56,59-64,79-82,85-86H,7-8,25-32,35-40H2,1-2H3,(H,71,87)(H,72,88)(H,73,83)(H,74,84)(H,75,77)(H,76,78)(H,89,90)(H,91,92)/t53-,54-,55+,56+,59+,60?,61+,62+,63+,64+,69+,70+/m0/s1. The maximum absolute atomic E-state index is 13.0. The molecule has 526 valence electrons. The molecule has 14 N–H and O–H groups in total. The van der Waals surface area contributed by atoms with E-state index in [1.54, 1.807) is 60.7 Å². The van der Waals surface area contributed by atoms with Gasteiger partial charge < -0.3 is 91.7 Å². The lowest BCUT2D eigenvalue weighted by molar-refractivity contribution is -0.310. The van der Waals surface area contributed by atoms with Crippen molar-refractivity contribution in [2.75, 3.05) is 62.4 Å². The van der Waals surface area contributed by atoms with Crippen molar-refractivity contribution in [3.63, 3.8) is 0 Å². The molecule has 0 saturated carbocycles. The van der Waals surface area contributed by atoms with Crippen LogP contribution in [0.15, 0.2) is 133 Å². The number of carboxylic acids is 2. The maximum Gasteiger partial charge on any atom is 0.364 e. The Morgan fingerprint density at radius 3 is 1.22 bits per heavy atom. The third-order valence-electron chi connectivity index (χ3n) is 16.6. The van der Waals surface area contributed by atoms with E-state index in [9.17, 15) is 79.2 Å². The van der Waals surface area contributed by atoms with Crippen molar-refractivity contribution >= 4 is 92.5 Å². The fraction of sp³-hybridized carbons (Fsp3) is 0.429. The molecule has 1 unspecified atom stereocenters. The van der Waals surface area contributed by atoms with Crippen molar-refractivity contribution in [3.05, 3.63) is 156 Å². The van der Waals surface area contributed by atoms with Crippen molar-refractivity contribution in [2.45, 2.75) is 125 Å². The fourth-order valence-corrected chi connectivity index (χ4v) is 13.1. The largest absolute Gasteiger partial charge is 0.477 e. The second-order valence-electron chi connectivity index (χ2n) is 24.0. The number of carbonyl (C=O) groups is 8. The summed E-state index contributed by atoms with van der Waals surface area (Å²) in [5, 5.41) is 107. The number of aliphatic hydroxyl groups is 6. The van der Waals surface area contributed by atoms with Gasteiger partial charge in [0, 0.05) is 75.5 Å². The molecule has 0 aromatic heterocycles. The molecule has 98 heavy (non-hydrogen) atoms. The minimum atomic E-state index is -2.47. The zero-order valence-electron chi connectivity index (χ0n) is 54.1. The van der Waals surface area contributed by atoms with Gasteiger partial charge >= 0.3 is 11.9 Å². The van der Waals surface area contributed by atoms with Gasteiger partial charge in [-0.15, -0.1) is 0 Å². The molecule has 2 aliphatic heterocycles. The van der Waals surface area contributed by atoms with E-state index in [2.05, 4.69) is 31.9 Å². The van der Waals surface area contributed by atoms with Crippen LogP contribution in [-0.2, 0) is 60.6 Å². The predicted molar refractivity (Wildman–Crippen MR) is 365 cm³/mol. The number of aliphatic hydroxyl groups excluding tert-OH is 6. The number of rotatable bonds is 35. The van der Waals surface area contributed by atoms with Gasteiger partial charge in [-0.2, -0.15) is 23.5 Å². The molecule has 6 aromatic carbocycles. The number of benzene rings is 6. The van der Waals surface area contributed by atoms with E-state index < -0.39 is 134 Å². The summed E-state index contributed by atoms with van der Waals surface area (Å²) in [7, 11) is 0. The number of ether oxygens (including phenoxy) is 4. The Balaban J connectivity index is 0.701. The van der Waals surface area contributed by atoms with Crippen LogP contribution in [0.1, 0.15) is 71.4 Å². The molecular weight excluding hydrogens is 1310 g/mol. The van der Waals surface area contributed by atoms with Gasteiger partial charge in [-0.25, -0.2) is 9.59 Å². The van der Waals surface area contributed by atoms with Crippen LogP contribution in [0.25, 0.3) is 32.7 Å². The van der Waals surface area contributed by atoms with Crippen molar-refractivity contribution in [2.24, 2.45) is 0 Å². The van der Waals surface area contributed by atoms with Crippen LogP contribution in [0.5, 0.6) is 0 Å². The van der Waals surface area contributed by atoms with Crippen molar-refractivity contribution < 1.29 is 98.2 Å². The Bertz CT molecular complexity index is 3480. The molecule has 6 aromatic rings. The number of carboxylic acid groups (broad SMARTS) is 2. The number of nitrogens with one attached hydrogen (secondary N) is 6. The predicted octanol–water partition coefficient (Wildman–Crippen LogP) is 2.43. The summed E-state index contributed by atoms with van der Waals surface area (Å²) in [5.41, 5.74) is 3.85. The Kier molecular flexibility index (Phi) is 27.9. The van der Waals surface area contributed by atoms with Gasteiger partial charge in [-0.1, -0.05) is 109 Å². The van der Waals surface area contributed by atoms with Crippen molar-refractivity contribution in [1.29, 1.82) is 0 Å². The van der Waals surface area contributed by atoms with Gasteiger partial charge in [-0.05, 0) is 92.4 Å². The molecule has 2 heterocycles. The lowest BCUT2D eigenvalue weighted by Gasteiger charge is -2.46. The van der Waals surface area contributed by atoms with Crippen LogP contribution < -0.4 is 31.9 Å². The summed E-state index contributed by atoms with van der Waals surface area (Å²) < 4.78 is 23.2. The minimum absolute atomic E-state index is 0.0280. The highest BCUT2D eigenvalue weighted by molar-refractivity contribution is 7.99. The number of hydrogen-bond acceptors (Lipinski definition) is 20. The minimum Gasteiger partial charge on any atom is -0.477 e. The van der Waals surface area contributed by atoms with E-state index in [0.29, 0.717) is 71.2 Å². The summed E-state index contributed by atoms with van der Waals surface area (Å²) >= 11 is 2.92. The summed E-state index contributed by atoms with van der Waals surface area (Å²) in [6.45, 7) is 1.68. The second kappa shape index (κ2) is 36.1. The Labute approximate surface area is 573 Å². The zero-order chi connectivity index (χ0) is 70.5. The van der Waals surface area contributed by atoms with E-state index in [-0.39, 0.29) is 37.9 Å². The van der Waals surface area contributed by atoms with Gasteiger partial charge in [0.25, 0.3) is 23.4 Å². The molecular formula is C70H84N6O20S2. The van der Waals surface area contributed by atoms with E-state index >= 15 is 0 Å². The van der Waals surface area contributed by atoms with Crippen LogP contribution in [0.3, 0.4) is 0 Å². The van der Waals surface area contributed by atoms with Crippen LogP contribution in [0.4, 0.5) is 0 Å². The molecule has 0 spiro atoms. The van der Waals surface area contributed by atoms with E-state index in [4.69, 9.17) is 18.9 Å². The third kappa shape index (κ3) is 21.0. The molecule has 6 amide bonds. The maximum atomic E-state index is 13.0. The van der Waals surface area contributed by atoms with Gasteiger partial charge in [0.2, 0.25) is 23.6 Å². The highest BCUT2D eigenvalue weighted by Crippen LogP contribution is 2.36.